The predicted octanol–water partition coefficient (Wildman–Crippen LogP) is 5.33. The molecule has 27 heavy (non-hydrogen) atoms. The lowest BCUT2D eigenvalue weighted by atomic mass is 9.97. The molecule has 0 aliphatic carbocycles. The highest BCUT2D eigenvalue weighted by Gasteiger charge is 2.31. The first kappa shape index (κ1) is 18.7. The van der Waals surface area contributed by atoms with E-state index in [0.717, 1.165) is 12.1 Å². The number of nitrogens with zero attached hydrogens (tertiary/aromatic N) is 1. The van der Waals surface area contributed by atoms with Gasteiger partial charge in [-0.05, 0) is 43.7 Å². The van der Waals surface area contributed by atoms with Gasteiger partial charge in [0.2, 0.25) is 0 Å². The molecule has 4 nitrogen and oxygen atoms in total. The van der Waals surface area contributed by atoms with Crippen molar-refractivity contribution in [3.8, 4) is 17.0 Å². The molecule has 0 atom stereocenters. The van der Waals surface area contributed by atoms with Gasteiger partial charge in [0.25, 0.3) is 0 Å². The van der Waals surface area contributed by atoms with Crippen LogP contribution in [0.25, 0.3) is 22.2 Å². The monoisotopic (exact) mass is 375 g/mol. The Morgan fingerprint density at radius 1 is 1.19 bits per heavy atom. The molecule has 1 aromatic heterocycles. The van der Waals surface area contributed by atoms with Gasteiger partial charge < -0.3 is 9.84 Å². The maximum absolute atomic E-state index is 13.1. The second-order valence-electron chi connectivity index (χ2n) is 5.96. The second-order valence-corrected chi connectivity index (χ2v) is 5.96. The number of pyridine rings is 1. The van der Waals surface area contributed by atoms with Gasteiger partial charge in [-0.1, -0.05) is 12.1 Å². The van der Waals surface area contributed by atoms with E-state index in [1.165, 1.54) is 12.1 Å². The van der Waals surface area contributed by atoms with Gasteiger partial charge in [-0.15, -0.1) is 0 Å². The quantitative estimate of drug-likeness (QED) is 0.670. The molecule has 0 aliphatic rings. The first-order valence-corrected chi connectivity index (χ1v) is 8.20. The first-order chi connectivity index (χ1) is 12.7. The number of halogens is 3. The molecule has 3 aromatic rings. The summed E-state index contributed by atoms with van der Waals surface area (Å²) in [5, 5.41) is 10.1. The Balaban J connectivity index is 2.29. The largest absolute Gasteiger partial charge is 0.494 e. The molecule has 0 saturated carbocycles. The Hall–Kier alpha value is -3.09. The van der Waals surface area contributed by atoms with E-state index in [4.69, 9.17) is 4.74 Å². The van der Waals surface area contributed by atoms with Crippen molar-refractivity contribution in [3.05, 3.63) is 59.2 Å². The number of aromatic nitrogens is 1. The number of benzene rings is 2. The molecule has 2 aromatic carbocycles. The van der Waals surface area contributed by atoms with Crippen molar-refractivity contribution in [2.24, 2.45) is 0 Å². The van der Waals surface area contributed by atoms with Crippen molar-refractivity contribution in [3.63, 3.8) is 0 Å². The summed E-state index contributed by atoms with van der Waals surface area (Å²) in [6.45, 7) is 3.77. The summed E-state index contributed by atoms with van der Waals surface area (Å²) >= 11 is 0. The molecule has 0 amide bonds. The Morgan fingerprint density at radius 2 is 1.93 bits per heavy atom. The lowest BCUT2D eigenvalue weighted by Gasteiger charge is -2.14. The highest BCUT2D eigenvalue weighted by molar-refractivity contribution is 6.05. The molecular formula is C20H16F3NO3. The minimum Gasteiger partial charge on any atom is -0.494 e. The number of hydrogen-bond donors (Lipinski definition) is 1. The van der Waals surface area contributed by atoms with Crippen LogP contribution >= 0.6 is 0 Å². The van der Waals surface area contributed by atoms with Gasteiger partial charge in [0, 0.05) is 17.0 Å². The third-order valence-corrected chi connectivity index (χ3v) is 4.19. The standard InChI is InChI=1S/C20H16F3NO3/c1-3-27-14-7-8-15-16(10-14)24-18(11(2)17(15)19(25)26)12-5-4-6-13(9-12)20(21,22)23/h4-10H,3H2,1-2H3,(H,25,26). The topological polar surface area (TPSA) is 59.4 Å². The van der Waals surface area contributed by atoms with Crippen LogP contribution in [0.15, 0.2) is 42.5 Å². The van der Waals surface area contributed by atoms with E-state index in [0.29, 0.717) is 28.8 Å². The van der Waals surface area contributed by atoms with Gasteiger partial charge >= 0.3 is 12.1 Å². The van der Waals surface area contributed by atoms with E-state index < -0.39 is 17.7 Å². The van der Waals surface area contributed by atoms with Crippen LogP contribution in [0.3, 0.4) is 0 Å². The zero-order valence-electron chi connectivity index (χ0n) is 14.6. The average Bonchev–Trinajstić information content (AvgIpc) is 2.60. The molecule has 1 N–H and O–H groups in total. The van der Waals surface area contributed by atoms with E-state index in [9.17, 15) is 23.1 Å². The summed E-state index contributed by atoms with van der Waals surface area (Å²) < 4.78 is 44.6. The number of rotatable bonds is 4. The van der Waals surface area contributed by atoms with Crippen LogP contribution in [0.2, 0.25) is 0 Å². The number of hydrogen-bond acceptors (Lipinski definition) is 3. The van der Waals surface area contributed by atoms with E-state index in [1.54, 1.807) is 25.1 Å². The molecule has 0 saturated heterocycles. The van der Waals surface area contributed by atoms with Crippen LogP contribution in [0, 0.1) is 6.92 Å². The summed E-state index contributed by atoms with van der Waals surface area (Å²) in [6.07, 6.45) is -4.50. The molecule has 0 bridgehead atoms. The SMILES string of the molecule is CCOc1ccc2c(C(=O)O)c(C)c(-c3cccc(C(F)(F)F)c3)nc2c1. The molecule has 1 heterocycles. The van der Waals surface area contributed by atoms with Gasteiger partial charge in [-0.3, -0.25) is 0 Å². The van der Waals surface area contributed by atoms with E-state index in [-0.39, 0.29) is 16.8 Å². The fourth-order valence-corrected chi connectivity index (χ4v) is 3.00. The molecule has 0 aliphatic heterocycles. The molecule has 0 spiro atoms. The Kier molecular flexibility index (Phi) is 4.78. The van der Waals surface area contributed by atoms with Crippen LogP contribution < -0.4 is 4.74 Å². The van der Waals surface area contributed by atoms with Gasteiger partial charge in [0.05, 0.1) is 28.9 Å². The number of carboxylic acids is 1. The van der Waals surface area contributed by atoms with Gasteiger partial charge in [0.15, 0.2) is 0 Å². The maximum Gasteiger partial charge on any atom is 0.416 e. The van der Waals surface area contributed by atoms with Crippen molar-refractivity contribution >= 4 is 16.9 Å². The van der Waals surface area contributed by atoms with Crippen LogP contribution in [-0.4, -0.2) is 22.7 Å². The van der Waals surface area contributed by atoms with Crippen molar-refractivity contribution in [2.45, 2.75) is 20.0 Å². The average molecular weight is 375 g/mol. The smallest absolute Gasteiger partial charge is 0.416 e. The van der Waals surface area contributed by atoms with Gasteiger partial charge in [-0.25, -0.2) is 9.78 Å². The number of aromatic carboxylic acids is 1. The van der Waals surface area contributed by atoms with Gasteiger partial charge in [-0.2, -0.15) is 13.2 Å². The number of carboxylic acid groups (broad SMARTS) is 1. The summed E-state index contributed by atoms with van der Waals surface area (Å²) in [4.78, 5) is 16.3. The lowest BCUT2D eigenvalue weighted by molar-refractivity contribution is -0.137. The normalized spacial score (nSPS) is 11.6. The third-order valence-electron chi connectivity index (χ3n) is 4.19. The fourth-order valence-electron chi connectivity index (χ4n) is 3.00. The second kappa shape index (κ2) is 6.90. The van der Waals surface area contributed by atoms with E-state index in [1.807, 2.05) is 6.92 Å². The molecule has 0 radical (unpaired) electrons. The summed E-state index contributed by atoms with van der Waals surface area (Å²) in [5.74, 6) is -0.662. The number of ether oxygens (including phenoxy) is 1. The molecular weight excluding hydrogens is 359 g/mol. The van der Waals surface area contributed by atoms with E-state index >= 15 is 0 Å². The Bertz CT molecular complexity index is 1030. The first-order valence-electron chi connectivity index (χ1n) is 8.20. The minimum absolute atomic E-state index is 0.00969. The summed E-state index contributed by atoms with van der Waals surface area (Å²) in [5.41, 5.74) is 0.236. The maximum atomic E-state index is 13.1. The zero-order valence-corrected chi connectivity index (χ0v) is 14.6. The predicted molar refractivity (Wildman–Crippen MR) is 95.0 cm³/mol. The molecule has 0 fully saturated rings. The summed E-state index contributed by atoms with van der Waals surface area (Å²) in [7, 11) is 0. The number of alkyl halides is 3. The minimum atomic E-state index is -4.50. The highest BCUT2D eigenvalue weighted by atomic mass is 19.4. The molecule has 7 heteroatoms. The van der Waals surface area contributed by atoms with Crippen molar-refractivity contribution in [1.82, 2.24) is 4.98 Å². The fraction of sp³-hybridized carbons (Fsp3) is 0.200. The molecule has 0 unspecified atom stereocenters. The van der Waals surface area contributed by atoms with Crippen molar-refractivity contribution < 1.29 is 27.8 Å². The molecule has 140 valence electrons. The van der Waals surface area contributed by atoms with E-state index in [2.05, 4.69) is 4.98 Å². The highest BCUT2D eigenvalue weighted by Crippen LogP contribution is 2.35. The van der Waals surface area contributed by atoms with Crippen molar-refractivity contribution in [1.29, 1.82) is 0 Å². The van der Waals surface area contributed by atoms with Crippen LogP contribution in [0.4, 0.5) is 13.2 Å². The number of fused-ring (bicyclic) bond motifs is 1. The Labute approximate surface area is 153 Å². The third kappa shape index (κ3) is 3.58. The number of carbonyl (C=O) groups is 1. The molecule has 3 rings (SSSR count). The van der Waals surface area contributed by atoms with Gasteiger partial charge in [0.1, 0.15) is 5.75 Å². The zero-order chi connectivity index (χ0) is 19.8. The van der Waals surface area contributed by atoms with Crippen LogP contribution in [0.1, 0.15) is 28.4 Å². The Morgan fingerprint density at radius 3 is 2.56 bits per heavy atom. The lowest BCUT2D eigenvalue weighted by Crippen LogP contribution is -2.07. The van der Waals surface area contributed by atoms with Crippen LogP contribution in [0.5, 0.6) is 5.75 Å². The van der Waals surface area contributed by atoms with Crippen molar-refractivity contribution in [2.75, 3.05) is 6.61 Å². The van der Waals surface area contributed by atoms with Crippen LogP contribution in [-0.2, 0) is 6.18 Å². The summed E-state index contributed by atoms with van der Waals surface area (Å²) in [6, 6.07) is 9.52.